The van der Waals surface area contributed by atoms with Crippen molar-refractivity contribution in [1.82, 2.24) is 4.72 Å². The Morgan fingerprint density at radius 2 is 0.688 bits per heavy atom. The van der Waals surface area contributed by atoms with Crippen LogP contribution in [0.1, 0.15) is 298 Å². The van der Waals surface area contributed by atoms with Crippen LogP contribution in [0.4, 0.5) is 65.9 Å². The zero-order valence-corrected chi connectivity index (χ0v) is 78.4. The highest BCUT2D eigenvalue weighted by Gasteiger charge is 2.79. The maximum atomic E-state index is 13.3. The van der Waals surface area contributed by atoms with Gasteiger partial charge in [-0.2, -0.15) is 65.9 Å². The molecule has 17 rings (SSSR count). The quantitative estimate of drug-likeness (QED) is 0.0516. The first-order valence-electron chi connectivity index (χ1n) is 46.9. The molecule has 19 nitrogen and oxygen atoms in total. The van der Waals surface area contributed by atoms with E-state index in [4.69, 9.17) is 33.2 Å². The van der Waals surface area contributed by atoms with Crippen LogP contribution in [-0.2, 0) is 76.7 Å². The first-order chi connectivity index (χ1) is 58.6. The predicted octanol–water partition coefficient (Wildman–Crippen LogP) is 20.8. The standard InChI is InChI=1S/C18H22F12O4.2C18H30O2.2C14H20O4.C11H18F3NO2S/c1-4-12(2,3)11(31)34-10-6-8(13(32,15(19,20)21)16(22,23)24)5-9(7-10)14(33,17(25,26)27)18(28,29)30;2*1-5-17(3,4)16(19)20-18(6-2)14-8-12-7-13(10-14)11-15(18)9-12;2*1-4-14(2,3)13(16)18-10-7-5-8-9(6-7)12(15)17-11(8)10;1-6-7(2)10-4-8(6)3-9(10)5-15-18(16,17)11(12,13)14/h8-10,32-33H,4-7H2,1-3H3;2*12-15H,5-11H2,1-4H3;2*7-11H,4-6H2,1-3H3;6-10,15H,3-5H2,1-2H3. The minimum absolute atomic E-state index is 0.0184. The molecule has 15 saturated carbocycles. The van der Waals surface area contributed by atoms with Crippen molar-refractivity contribution in [3.05, 3.63) is 0 Å². The predicted molar refractivity (Wildman–Crippen MR) is 437 cm³/mol. The van der Waals surface area contributed by atoms with Gasteiger partial charge in [0.25, 0.3) is 11.2 Å². The van der Waals surface area contributed by atoms with E-state index in [1.165, 1.54) is 85.0 Å². The Morgan fingerprint density at radius 1 is 0.391 bits per heavy atom. The number of carbonyl (C=O) groups excluding carboxylic acids is 7. The molecule has 0 aromatic carbocycles. The third kappa shape index (κ3) is 20.0. The number of nitrogens with one attached hydrogen (secondary N) is 1. The molecule has 736 valence electrons. The molecule has 2 saturated heterocycles. The van der Waals surface area contributed by atoms with Gasteiger partial charge in [0.15, 0.2) is 0 Å². The molecule has 0 spiro atoms. The number of sulfonamides is 1. The van der Waals surface area contributed by atoms with Crippen LogP contribution in [-0.4, -0.2) is 150 Å². The second-order valence-corrected chi connectivity index (χ2v) is 45.8. The molecule has 15 aliphatic carbocycles. The number of carbonyl (C=O) groups is 7. The van der Waals surface area contributed by atoms with Crippen molar-refractivity contribution >= 4 is 51.8 Å². The molecule has 2 aliphatic heterocycles. The van der Waals surface area contributed by atoms with Crippen LogP contribution >= 0.6 is 0 Å². The summed E-state index contributed by atoms with van der Waals surface area (Å²) in [6, 6.07) is 0. The van der Waals surface area contributed by atoms with Crippen LogP contribution in [0.15, 0.2) is 0 Å². The number of alkyl halides is 15. The van der Waals surface area contributed by atoms with Crippen molar-refractivity contribution in [2.75, 3.05) is 6.54 Å². The van der Waals surface area contributed by atoms with Crippen LogP contribution < -0.4 is 4.72 Å². The Bertz CT molecular complexity index is 3790. The molecule has 17 fully saturated rings. The lowest BCUT2D eigenvalue weighted by molar-refractivity contribution is -0.405. The van der Waals surface area contributed by atoms with E-state index < -0.39 is 111 Å². The van der Waals surface area contributed by atoms with Gasteiger partial charge >= 0.3 is 82.0 Å². The van der Waals surface area contributed by atoms with Gasteiger partial charge in [-0.1, -0.05) is 62.3 Å². The van der Waals surface area contributed by atoms with Gasteiger partial charge in [0, 0.05) is 42.1 Å². The molecule has 17 atom stereocenters. The molecule has 0 aromatic rings. The van der Waals surface area contributed by atoms with Gasteiger partial charge in [0.2, 0.25) is 0 Å². The number of ether oxygens (including phenoxy) is 7. The lowest BCUT2D eigenvalue weighted by Crippen LogP contribution is -2.67. The molecule has 17 aliphatic rings. The highest BCUT2D eigenvalue weighted by Crippen LogP contribution is 2.66. The summed E-state index contributed by atoms with van der Waals surface area (Å²) in [5.74, 6) is 1.23. The maximum Gasteiger partial charge on any atom is 0.511 e. The van der Waals surface area contributed by atoms with Crippen LogP contribution in [0.2, 0.25) is 0 Å². The van der Waals surface area contributed by atoms with E-state index >= 15 is 0 Å². The Labute approximate surface area is 744 Å². The number of fused-ring (bicyclic) bond motifs is 4. The van der Waals surface area contributed by atoms with E-state index in [1.54, 1.807) is 4.72 Å². The first-order valence-corrected chi connectivity index (χ1v) is 48.4. The highest BCUT2D eigenvalue weighted by atomic mass is 32.2. The average Bonchev–Trinajstić information content (AvgIpc) is 0.969. The lowest BCUT2D eigenvalue weighted by Gasteiger charge is -2.60. The van der Waals surface area contributed by atoms with Gasteiger partial charge < -0.3 is 43.4 Å². The molecule has 17 unspecified atom stereocenters. The van der Waals surface area contributed by atoms with Crippen molar-refractivity contribution in [3.8, 4) is 0 Å². The van der Waals surface area contributed by atoms with Gasteiger partial charge in [-0.25, -0.2) is 13.1 Å². The van der Waals surface area contributed by atoms with E-state index in [0.29, 0.717) is 71.0 Å². The number of esters is 7. The molecule has 0 aromatic heterocycles. The summed E-state index contributed by atoms with van der Waals surface area (Å²) >= 11 is 0. The van der Waals surface area contributed by atoms with Gasteiger partial charge in [-0.3, -0.25) is 33.6 Å². The molecule has 0 amide bonds. The molecule has 2 heterocycles. The van der Waals surface area contributed by atoms with Crippen LogP contribution in [0.3, 0.4) is 0 Å². The van der Waals surface area contributed by atoms with Crippen molar-refractivity contribution in [2.45, 2.75) is 382 Å². The Kier molecular flexibility index (Phi) is 30.6. The maximum absolute atomic E-state index is 13.3. The fraction of sp³-hybridized carbons (Fsp3) is 0.925. The zero-order valence-electron chi connectivity index (χ0n) is 77.6. The van der Waals surface area contributed by atoms with Gasteiger partial charge in [-0.15, -0.1) is 0 Å². The van der Waals surface area contributed by atoms with Crippen molar-refractivity contribution in [1.29, 1.82) is 0 Å². The minimum Gasteiger partial charge on any atom is -0.462 e. The summed E-state index contributed by atoms with van der Waals surface area (Å²) in [7, 11) is -5.18. The summed E-state index contributed by atoms with van der Waals surface area (Å²) in [5.41, 5.74) is -20.0. The second kappa shape index (κ2) is 37.3. The molecular formula is C93H140F15NO18S. The normalized spacial score (nSPS) is 37.0. The third-order valence-corrected chi connectivity index (χ3v) is 36.1. The summed E-state index contributed by atoms with van der Waals surface area (Å²) in [6.07, 6.45) is -10.7. The number of halogens is 15. The van der Waals surface area contributed by atoms with E-state index in [-0.39, 0.29) is 113 Å². The van der Waals surface area contributed by atoms with Gasteiger partial charge in [0.05, 0.1) is 38.9 Å². The number of rotatable bonds is 22. The zero-order chi connectivity index (χ0) is 96.3. The average molecular weight is 1880 g/mol. The Balaban J connectivity index is 0.000000163. The minimum atomic E-state index is -6.58. The van der Waals surface area contributed by atoms with Crippen molar-refractivity contribution < 1.29 is 151 Å². The fourth-order valence-electron chi connectivity index (χ4n) is 24.9. The van der Waals surface area contributed by atoms with Gasteiger partial charge in [-0.05, 0) is 313 Å². The molecule has 128 heavy (non-hydrogen) atoms. The summed E-state index contributed by atoms with van der Waals surface area (Å²) in [6.45, 7) is 36.3. The Morgan fingerprint density at radius 3 is 0.961 bits per heavy atom. The molecule has 14 bridgehead atoms. The van der Waals surface area contributed by atoms with Gasteiger partial charge in [0.1, 0.15) is 41.7 Å². The second-order valence-electron chi connectivity index (χ2n) is 44.1. The Hall–Kier alpha value is -4.93. The molecule has 0 radical (unpaired) electrons. The molecule has 35 heteroatoms. The van der Waals surface area contributed by atoms with Crippen molar-refractivity contribution in [2.24, 2.45) is 151 Å². The summed E-state index contributed by atoms with van der Waals surface area (Å²) in [4.78, 5) is 85.0. The summed E-state index contributed by atoms with van der Waals surface area (Å²) < 4.78 is 259. The van der Waals surface area contributed by atoms with Crippen molar-refractivity contribution in [3.63, 3.8) is 0 Å². The highest BCUT2D eigenvalue weighted by molar-refractivity contribution is 7.90. The lowest BCUT2D eigenvalue weighted by atomic mass is 9.49. The third-order valence-electron chi connectivity index (χ3n) is 34.9. The van der Waals surface area contributed by atoms with E-state index in [0.717, 1.165) is 101 Å². The molecule has 3 N–H and O–H groups in total. The SMILES string of the molecule is CC1C2CC(CNS(=O)(=O)C(F)(F)F)C(C2)C1C.CCC(C)(C)C(=O)OC1(CC)C2CC3CC(C2)CC1C3.CCC(C)(C)C(=O)OC1(CC)C2CC3CC(C2)CC1C3.CCC(C)(C)C(=O)OC1C2CC3C(=O)OC1C3C2.CCC(C)(C)C(=O)OC1C2CC3C(=O)OC1C3C2.CCC(C)(C)C(=O)OC1CC(C(O)(C(F)(F)F)C(F)(F)F)CC(C(O)(C(F)(F)F)C(F)(F)F)C1. The van der Waals surface area contributed by atoms with E-state index in [2.05, 4.69) is 41.5 Å². The van der Waals surface area contributed by atoms with Crippen LogP contribution in [0, 0.1) is 151 Å². The van der Waals surface area contributed by atoms with Crippen LogP contribution in [0.25, 0.3) is 0 Å². The van der Waals surface area contributed by atoms with E-state index in [1.807, 2.05) is 69.2 Å². The van der Waals surface area contributed by atoms with Crippen LogP contribution in [0.5, 0.6) is 0 Å². The fourth-order valence-corrected chi connectivity index (χ4v) is 25.5. The monoisotopic (exact) mass is 1880 g/mol. The number of aliphatic hydroxyl groups is 2. The summed E-state index contributed by atoms with van der Waals surface area (Å²) in [5, 5.41) is 19.2. The number of hydrogen-bond donors (Lipinski definition) is 3. The topological polar surface area (TPSA) is 271 Å². The largest absolute Gasteiger partial charge is 0.511 e. The first kappa shape index (κ1) is 105. The molecular weight excluding hydrogens is 1740 g/mol. The smallest absolute Gasteiger partial charge is 0.462 e. The number of hydrogen-bond acceptors (Lipinski definition) is 18. The van der Waals surface area contributed by atoms with E-state index in [9.17, 15) is 118 Å².